The predicted molar refractivity (Wildman–Crippen MR) is 102 cm³/mol. The number of halogens is 2. The maximum atomic E-state index is 11.3. The van der Waals surface area contributed by atoms with Crippen LogP contribution in [0.4, 0.5) is 0 Å². The lowest BCUT2D eigenvalue weighted by atomic mass is 10.1. The van der Waals surface area contributed by atoms with Crippen LogP contribution in [0.5, 0.6) is 11.5 Å². The Morgan fingerprint density at radius 2 is 2.04 bits per heavy atom. The molecule has 0 aliphatic heterocycles. The van der Waals surface area contributed by atoms with Gasteiger partial charge in [0, 0.05) is 25.5 Å². The molecule has 7 heteroatoms. The van der Waals surface area contributed by atoms with Crippen molar-refractivity contribution in [2.45, 2.75) is 38.9 Å². The van der Waals surface area contributed by atoms with E-state index in [0.717, 1.165) is 15.4 Å². The normalized spacial score (nSPS) is 13.6. The van der Waals surface area contributed by atoms with Crippen LogP contribution in [-0.4, -0.2) is 28.5 Å². The molecule has 0 bridgehead atoms. The number of rotatable bonds is 9. The third-order valence-electron chi connectivity index (χ3n) is 3.43. The second-order valence-electron chi connectivity index (χ2n) is 5.17. The Bertz CT molecular complexity index is 551. The molecule has 1 aromatic rings. The van der Waals surface area contributed by atoms with Crippen molar-refractivity contribution in [2.24, 2.45) is 5.92 Å². The second kappa shape index (κ2) is 9.79. The summed E-state index contributed by atoms with van der Waals surface area (Å²) in [6, 6.07) is 1.72. The summed E-state index contributed by atoms with van der Waals surface area (Å²) >= 11 is 8.47. The highest BCUT2D eigenvalue weighted by Crippen LogP contribution is 2.47. The molecule has 0 fully saturated rings. The molecule has 0 radical (unpaired) electrons. The molecule has 0 saturated heterocycles. The Kier molecular flexibility index (Phi) is 8.79. The quantitative estimate of drug-likeness (QED) is 0.491. The molecule has 0 aliphatic rings. The summed E-state index contributed by atoms with van der Waals surface area (Å²) in [7, 11) is 0. The Hall–Kier alpha value is -0.400. The first-order chi connectivity index (χ1) is 10.8. The highest BCUT2D eigenvalue weighted by molar-refractivity contribution is 9.13. The van der Waals surface area contributed by atoms with Crippen molar-refractivity contribution in [1.82, 2.24) is 0 Å². The molecule has 0 saturated carbocycles. The number of benzene rings is 1. The molecular weight excluding hydrogens is 448 g/mol. The zero-order valence-corrected chi connectivity index (χ0v) is 17.4. The average Bonchev–Trinajstić information content (AvgIpc) is 2.49. The van der Waals surface area contributed by atoms with Crippen LogP contribution in [0, 0.1) is 5.92 Å². The van der Waals surface area contributed by atoms with E-state index in [1.165, 1.54) is 11.8 Å². The summed E-state index contributed by atoms with van der Waals surface area (Å²) in [4.78, 5) is 11.3. The number of carboxylic acids is 1. The molecule has 23 heavy (non-hydrogen) atoms. The van der Waals surface area contributed by atoms with Gasteiger partial charge in [-0.05, 0) is 58.2 Å². The summed E-state index contributed by atoms with van der Waals surface area (Å²) in [5.41, 5.74) is 0.716. The predicted octanol–water partition coefficient (Wildman–Crippen LogP) is 5.61. The molecule has 2 unspecified atom stereocenters. The van der Waals surface area contributed by atoms with Crippen LogP contribution in [0.15, 0.2) is 15.0 Å². The van der Waals surface area contributed by atoms with Crippen LogP contribution < -0.4 is 4.74 Å². The lowest BCUT2D eigenvalue weighted by molar-refractivity contribution is -0.141. The van der Waals surface area contributed by atoms with Crippen LogP contribution in [0.1, 0.15) is 44.4 Å². The van der Waals surface area contributed by atoms with Gasteiger partial charge in [0.15, 0.2) is 11.5 Å². The van der Waals surface area contributed by atoms with Crippen LogP contribution in [0.3, 0.4) is 0 Å². The van der Waals surface area contributed by atoms with Crippen LogP contribution >= 0.6 is 43.6 Å². The minimum Gasteiger partial charge on any atom is -0.504 e. The molecule has 1 rings (SSSR count). The van der Waals surface area contributed by atoms with Crippen molar-refractivity contribution < 1.29 is 19.7 Å². The van der Waals surface area contributed by atoms with E-state index in [1.807, 2.05) is 20.8 Å². The lowest BCUT2D eigenvalue weighted by Crippen LogP contribution is -2.16. The van der Waals surface area contributed by atoms with Crippen LogP contribution in [0.25, 0.3) is 0 Å². The van der Waals surface area contributed by atoms with Crippen molar-refractivity contribution >= 4 is 49.6 Å². The topological polar surface area (TPSA) is 66.8 Å². The number of phenols is 1. The molecule has 1 aromatic carbocycles. The summed E-state index contributed by atoms with van der Waals surface area (Å²) in [6.07, 6.45) is 1.50. The van der Waals surface area contributed by atoms with E-state index in [4.69, 9.17) is 4.74 Å². The summed E-state index contributed by atoms with van der Waals surface area (Å²) in [5, 5.41) is 19.7. The third kappa shape index (κ3) is 5.57. The van der Waals surface area contributed by atoms with Crippen molar-refractivity contribution in [3.8, 4) is 11.5 Å². The number of aromatic hydroxyl groups is 1. The van der Waals surface area contributed by atoms with E-state index >= 15 is 0 Å². The number of carboxylic acid groups (broad SMARTS) is 1. The van der Waals surface area contributed by atoms with Crippen molar-refractivity contribution in [2.75, 3.05) is 12.4 Å². The Balaban J connectivity index is 2.98. The minimum atomic E-state index is -0.765. The first-order valence-corrected chi connectivity index (χ1v) is 10.1. The van der Waals surface area contributed by atoms with Crippen molar-refractivity contribution in [1.29, 1.82) is 0 Å². The van der Waals surface area contributed by atoms with E-state index in [-0.39, 0.29) is 16.9 Å². The second-order valence-corrected chi connectivity index (χ2v) is 8.19. The van der Waals surface area contributed by atoms with Crippen molar-refractivity contribution in [3.63, 3.8) is 0 Å². The maximum Gasteiger partial charge on any atom is 0.307 e. The monoisotopic (exact) mass is 468 g/mol. The zero-order chi connectivity index (χ0) is 17.6. The first-order valence-electron chi connectivity index (χ1n) is 7.51. The first kappa shape index (κ1) is 20.6. The fourth-order valence-electron chi connectivity index (χ4n) is 2.22. The van der Waals surface area contributed by atoms with E-state index in [0.29, 0.717) is 30.1 Å². The zero-order valence-electron chi connectivity index (χ0n) is 13.4. The molecule has 2 atom stereocenters. The molecule has 2 N–H and O–H groups in total. The van der Waals surface area contributed by atoms with Crippen LogP contribution in [-0.2, 0) is 4.79 Å². The summed E-state index contributed by atoms with van der Waals surface area (Å²) in [6.45, 7) is 6.25. The Morgan fingerprint density at radius 3 is 2.57 bits per heavy atom. The Labute approximate surface area is 158 Å². The van der Waals surface area contributed by atoms with Gasteiger partial charge in [-0.15, -0.1) is 0 Å². The number of phenolic OH excluding ortho intramolecular Hbond substituents is 1. The summed E-state index contributed by atoms with van der Waals surface area (Å²) in [5.74, 6) is -0.101. The lowest BCUT2D eigenvalue weighted by Gasteiger charge is -2.20. The van der Waals surface area contributed by atoms with Crippen molar-refractivity contribution in [3.05, 3.63) is 20.6 Å². The van der Waals surface area contributed by atoms with Crippen LogP contribution in [0.2, 0.25) is 0 Å². The fraction of sp³-hybridized carbons (Fsp3) is 0.562. The van der Waals surface area contributed by atoms with Gasteiger partial charge in [-0.3, -0.25) is 4.79 Å². The molecule has 0 amide bonds. The van der Waals surface area contributed by atoms with Gasteiger partial charge in [0.1, 0.15) is 0 Å². The van der Waals surface area contributed by atoms with Gasteiger partial charge in [0.05, 0.1) is 12.5 Å². The largest absolute Gasteiger partial charge is 0.504 e. The molecule has 4 nitrogen and oxygen atoms in total. The Morgan fingerprint density at radius 1 is 1.39 bits per heavy atom. The molecular formula is C16H22Br2O4S. The highest BCUT2D eigenvalue weighted by atomic mass is 79.9. The van der Waals surface area contributed by atoms with E-state index in [9.17, 15) is 15.0 Å². The smallest absolute Gasteiger partial charge is 0.307 e. The number of carbonyl (C=O) groups is 1. The molecule has 130 valence electrons. The maximum absolute atomic E-state index is 11.3. The number of ether oxygens (including phenoxy) is 1. The number of thioether (sulfide) groups is 1. The van der Waals surface area contributed by atoms with Gasteiger partial charge in [0.25, 0.3) is 0 Å². The number of hydrogen-bond donors (Lipinski definition) is 2. The molecule has 0 spiro atoms. The SMILES string of the molecule is CCCC(CSC(C)c1c(O)c(OCC)cc(Br)c1Br)C(=O)O. The van der Waals surface area contributed by atoms with E-state index < -0.39 is 5.97 Å². The molecule has 0 aliphatic carbocycles. The number of hydrogen-bond acceptors (Lipinski definition) is 4. The fourth-order valence-corrected chi connectivity index (χ4v) is 4.66. The van der Waals surface area contributed by atoms with Gasteiger partial charge in [-0.2, -0.15) is 11.8 Å². The van der Waals surface area contributed by atoms with E-state index in [1.54, 1.807) is 6.07 Å². The van der Waals surface area contributed by atoms with Gasteiger partial charge in [-0.25, -0.2) is 0 Å². The minimum absolute atomic E-state index is 0.0696. The molecule has 0 heterocycles. The van der Waals surface area contributed by atoms with Gasteiger partial charge in [-0.1, -0.05) is 13.3 Å². The average molecular weight is 470 g/mol. The highest BCUT2D eigenvalue weighted by Gasteiger charge is 2.24. The van der Waals surface area contributed by atoms with Gasteiger partial charge < -0.3 is 14.9 Å². The summed E-state index contributed by atoms with van der Waals surface area (Å²) < 4.78 is 7.02. The number of aliphatic carboxylic acids is 1. The van der Waals surface area contributed by atoms with E-state index in [2.05, 4.69) is 31.9 Å². The molecule has 0 aromatic heterocycles. The van der Waals surface area contributed by atoms with Gasteiger partial charge >= 0.3 is 5.97 Å². The standard InChI is InChI=1S/C16H22Br2O4S/c1-4-6-10(16(20)21)8-23-9(3)13-14(18)11(17)7-12(15(13)19)22-5-2/h7,9-10,19H,4-6,8H2,1-3H3,(H,20,21). The van der Waals surface area contributed by atoms with Gasteiger partial charge in [0.2, 0.25) is 0 Å². The third-order valence-corrected chi connectivity index (χ3v) is 6.77.